The number of carbonyl (C=O) groups is 1. The molecule has 0 aliphatic heterocycles. The van der Waals surface area contributed by atoms with Gasteiger partial charge in [0.1, 0.15) is 23.8 Å². The lowest BCUT2D eigenvalue weighted by atomic mass is 10.2. The highest BCUT2D eigenvalue weighted by Gasteiger charge is 2.13. The highest BCUT2D eigenvalue weighted by molar-refractivity contribution is 7.07. The van der Waals surface area contributed by atoms with Crippen LogP contribution in [0.15, 0.2) is 53.4 Å². The van der Waals surface area contributed by atoms with E-state index in [1.807, 2.05) is 5.38 Å². The van der Waals surface area contributed by atoms with Crippen LogP contribution in [-0.4, -0.2) is 38.2 Å². The van der Waals surface area contributed by atoms with Gasteiger partial charge >= 0.3 is 0 Å². The molecule has 30 heavy (non-hydrogen) atoms. The number of carbonyl (C=O) groups excluding carboxylic acids is 1. The molecule has 0 saturated heterocycles. The largest absolute Gasteiger partial charge is 0.494 e. The third-order valence-corrected chi connectivity index (χ3v) is 4.89. The summed E-state index contributed by atoms with van der Waals surface area (Å²) in [5.74, 6) is 1.51. The van der Waals surface area contributed by atoms with Crippen LogP contribution in [0.3, 0.4) is 0 Å². The minimum Gasteiger partial charge on any atom is -0.494 e. The number of hydrogen-bond acceptors (Lipinski definition) is 8. The first kappa shape index (κ1) is 19.5. The maximum Gasteiger partial charge on any atom is 0.255 e. The molecule has 1 amide bonds. The van der Waals surface area contributed by atoms with Gasteiger partial charge in [-0.2, -0.15) is 4.68 Å². The average molecular weight is 422 g/mol. The Balaban J connectivity index is 1.51. The normalized spacial score (nSPS) is 10.6. The van der Waals surface area contributed by atoms with Gasteiger partial charge in [-0.3, -0.25) is 4.79 Å². The smallest absolute Gasteiger partial charge is 0.255 e. The minimum absolute atomic E-state index is 0.265. The molecule has 0 atom stereocenters. The first-order valence-corrected chi connectivity index (χ1v) is 9.93. The number of benzene rings is 2. The molecule has 9 nitrogen and oxygen atoms in total. The second kappa shape index (κ2) is 8.70. The zero-order valence-electron chi connectivity index (χ0n) is 16.3. The van der Waals surface area contributed by atoms with Crippen molar-refractivity contribution in [2.75, 3.05) is 12.4 Å². The summed E-state index contributed by atoms with van der Waals surface area (Å²) in [5.41, 5.74) is 4.28. The van der Waals surface area contributed by atoms with E-state index in [9.17, 15) is 4.79 Å². The lowest BCUT2D eigenvalue weighted by Crippen LogP contribution is -2.13. The molecule has 0 fully saturated rings. The summed E-state index contributed by atoms with van der Waals surface area (Å²) in [7, 11) is 1.56. The quantitative estimate of drug-likeness (QED) is 0.487. The lowest BCUT2D eigenvalue weighted by molar-refractivity contribution is 0.102. The van der Waals surface area contributed by atoms with Crippen molar-refractivity contribution in [2.24, 2.45) is 0 Å². The zero-order chi connectivity index (χ0) is 20.9. The number of rotatable bonds is 7. The second-order valence-corrected chi connectivity index (χ2v) is 6.99. The Kier molecular flexibility index (Phi) is 5.66. The summed E-state index contributed by atoms with van der Waals surface area (Å²) >= 11 is 1.51. The standard InChI is InChI=1S/C20H18N6O3S/c1-13-23-24-25-26(13)18-9-15(6-7-19(18)28-2)22-20(27)14-4-3-5-17(8-14)29-10-16-11-30-12-21-16/h3-9,11-12H,10H2,1-2H3,(H,22,27). The molecular weight excluding hydrogens is 404 g/mol. The maximum absolute atomic E-state index is 12.8. The fourth-order valence-electron chi connectivity index (χ4n) is 2.78. The van der Waals surface area contributed by atoms with Crippen LogP contribution in [0.25, 0.3) is 5.69 Å². The number of aryl methyl sites for hydroxylation is 1. The summed E-state index contributed by atoms with van der Waals surface area (Å²) in [6, 6.07) is 12.2. The summed E-state index contributed by atoms with van der Waals surface area (Å²) in [5, 5.41) is 16.3. The highest BCUT2D eigenvalue weighted by atomic mass is 32.1. The van der Waals surface area contributed by atoms with Gasteiger partial charge < -0.3 is 14.8 Å². The van der Waals surface area contributed by atoms with E-state index in [2.05, 4.69) is 25.8 Å². The molecule has 1 N–H and O–H groups in total. The van der Waals surface area contributed by atoms with E-state index in [0.29, 0.717) is 40.9 Å². The third kappa shape index (κ3) is 4.28. The van der Waals surface area contributed by atoms with E-state index in [4.69, 9.17) is 9.47 Å². The van der Waals surface area contributed by atoms with Crippen molar-refractivity contribution < 1.29 is 14.3 Å². The number of nitrogens with one attached hydrogen (secondary N) is 1. The van der Waals surface area contributed by atoms with E-state index in [0.717, 1.165) is 5.69 Å². The molecule has 0 radical (unpaired) electrons. The zero-order valence-corrected chi connectivity index (χ0v) is 17.1. The van der Waals surface area contributed by atoms with Crippen LogP contribution in [0, 0.1) is 6.92 Å². The molecule has 0 bridgehead atoms. The molecule has 2 heterocycles. The van der Waals surface area contributed by atoms with Crippen molar-refractivity contribution in [3.63, 3.8) is 0 Å². The number of ether oxygens (including phenoxy) is 2. The van der Waals surface area contributed by atoms with Crippen LogP contribution in [-0.2, 0) is 6.61 Å². The van der Waals surface area contributed by atoms with Crippen LogP contribution >= 0.6 is 11.3 Å². The number of nitrogens with zero attached hydrogens (tertiary/aromatic N) is 5. The summed E-state index contributed by atoms with van der Waals surface area (Å²) in [6.07, 6.45) is 0. The van der Waals surface area contributed by atoms with Crippen LogP contribution in [0.5, 0.6) is 11.5 Å². The van der Waals surface area contributed by atoms with Crippen molar-refractivity contribution in [1.82, 2.24) is 25.2 Å². The van der Waals surface area contributed by atoms with Gasteiger partial charge in [0, 0.05) is 16.6 Å². The maximum atomic E-state index is 12.8. The molecule has 2 aromatic heterocycles. The molecule has 152 valence electrons. The summed E-state index contributed by atoms with van der Waals surface area (Å²) < 4.78 is 12.7. The Morgan fingerprint density at radius 3 is 2.87 bits per heavy atom. The number of hydrogen-bond donors (Lipinski definition) is 1. The third-order valence-electron chi connectivity index (χ3n) is 4.26. The van der Waals surface area contributed by atoms with Crippen molar-refractivity contribution >= 4 is 22.9 Å². The van der Waals surface area contributed by atoms with Crippen molar-refractivity contribution in [2.45, 2.75) is 13.5 Å². The first-order valence-electron chi connectivity index (χ1n) is 8.98. The van der Waals surface area contributed by atoms with Gasteiger partial charge in [0.05, 0.1) is 18.3 Å². The van der Waals surface area contributed by atoms with Crippen LogP contribution in [0.2, 0.25) is 0 Å². The number of methoxy groups -OCH3 is 1. The topological polar surface area (TPSA) is 104 Å². The van der Waals surface area contributed by atoms with E-state index in [-0.39, 0.29) is 5.91 Å². The number of anilines is 1. The van der Waals surface area contributed by atoms with E-state index >= 15 is 0 Å². The number of tetrazole rings is 1. The molecule has 0 spiro atoms. The van der Waals surface area contributed by atoms with Crippen molar-refractivity contribution in [3.05, 3.63) is 70.4 Å². The predicted molar refractivity (Wildman–Crippen MR) is 111 cm³/mol. The Morgan fingerprint density at radius 1 is 1.23 bits per heavy atom. The molecule has 10 heteroatoms. The Bertz CT molecular complexity index is 1160. The van der Waals surface area contributed by atoms with Gasteiger partial charge in [-0.15, -0.1) is 16.4 Å². The molecule has 0 unspecified atom stereocenters. The van der Waals surface area contributed by atoms with E-state index in [1.165, 1.54) is 11.3 Å². The minimum atomic E-state index is -0.265. The summed E-state index contributed by atoms with van der Waals surface area (Å²) in [4.78, 5) is 16.9. The molecule has 2 aromatic carbocycles. The fourth-order valence-corrected chi connectivity index (χ4v) is 3.33. The van der Waals surface area contributed by atoms with Gasteiger partial charge in [-0.05, 0) is 53.7 Å². The van der Waals surface area contributed by atoms with E-state index in [1.54, 1.807) is 66.7 Å². The molecule has 0 aliphatic rings. The van der Waals surface area contributed by atoms with Crippen LogP contribution in [0.1, 0.15) is 21.9 Å². The molecule has 0 saturated carbocycles. The monoisotopic (exact) mass is 422 g/mol. The van der Waals surface area contributed by atoms with Gasteiger partial charge in [-0.25, -0.2) is 4.98 Å². The first-order chi connectivity index (χ1) is 14.6. The highest BCUT2D eigenvalue weighted by Crippen LogP contribution is 2.27. The fraction of sp³-hybridized carbons (Fsp3) is 0.150. The molecule has 4 aromatic rings. The molecule has 0 aliphatic carbocycles. The SMILES string of the molecule is COc1ccc(NC(=O)c2cccc(OCc3cscn3)c2)cc1-n1nnnc1C. The Labute approximate surface area is 176 Å². The summed E-state index contributed by atoms with van der Waals surface area (Å²) in [6.45, 7) is 2.13. The average Bonchev–Trinajstić information content (AvgIpc) is 3.44. The van der Waals surface area contributed by atoms with Crippen LogP contribution < -0.4 is 14.8 Å². The Hall–Kier alpha value is -3.79. The number of aromatic nitrogens is 5. The van der Waals surface area contributed by atoms with Gasteiger partial charge in [0.15, 0.2) is 5.82 Å². The molecular formula is C20H18N6O3S. The number of amides is 1. The van der Waals surface area contributed by atoms with Crippen molar-refractivity contribution in [3.8, 4) is 17.2 Å². The molecule has 4 rings (SSSR count). The van der Waals surface area contributed by atoms with Crippen LogP contribution in [0.4, 0.5) is 5.69 Å². The van der Waals surface area contributed by atoms with Gasteiger partial charge in [0.2, 0.25) is 0 Å². The van der Waals surface area contributed by atoms with Gasteiger partial charge in [0.25, 0.3) is 5.91 Å². The van der Waals surface area contributed by atoms with Crippen molar-refractivity contribution in [1.29, 1.82) is 0 Å². The second-order valence-electron chi connectivity index (χ2n) is 6.27. The lowest BCUT2D eigenvalue weighted by Gasteiger charge is -2.12. The number of thiazole rings is 1. The van der Waals surface area contributed by atoms with E-state index < -0.39 is 0 Å². The Morgan fingerprint density at radius 2 is 2.13 bits per heavy atom. The van der Waals surface area contributed by atoms with Gasteiger partial charge in [-0.1, -0.05) is 6.07 Å². The predicted octanol–water partition coefficient (Wildman–Crippen LogP) is 3.27.